The second-order valence-electron chi connectivity index (χ2n) is 6.66. The van der Waals surface area contributed by atoms with Gasteiger partial charge >= 0.3 is 0 Å². The first-order valence-electron chi connectivity index (χ1n) is 8.86. The maximum Gasteiger partial charge on any atom is 0.295 e. The van der Waals surface area contributed by atoms with E-state index >= 15 is 0 Å². The summed E-state index contributed by atoms with van der Waals surface area (Å²) in [4.78, 5) is 25.4. The van der Waals surface area contributed by atoms with E-state index in [1.165, 1.54) is 0 Å². The fraction of sp³-hybridized carbons (Fsp3) is 0.238. The van der Waals surface area contributed by atoms with Crippen molar-refractivity contribution in [2.24, 2.45) is 7.05 Å². The van der Waals surface area contributed by atoms with E-state index < -0.39 is 6.04 Å². The molecule has 2 aromatic carbocycles. The molecule has 3 aromatic rings. The number of aromatic nitrogens is 2. The molecule has 0 aliphatic rings. The fourth-order valence-electron chi connectivity index (χ4n) is 2.99. The van der Waals surface area contributed by atoms with Crippen molar-refractivity contribution < 1.29 is 4.79 Å². The summed E-state index contributed by atoms with van der Waals surface area (Å²) in [5, 5.41) is 5.96. The molecule has 27 heavy (non-hydrogen) atoms. The van der Waals surface area contributed by atoms with E-state index in [-0.39, 0.29) is 11.5 Å². The first-order chi connectivity index (χ1) is 12.9. The predicted octanol–water partition coefficient (Wildman–Crippen LogP) is 3.23. The van der Waals surface area contributed by atoms with Crippen LogP contribution >= 0.6 is 0 Å². The van der Waals surface area contributed by atoms with Gasteiger partial charge < -0.3 is 10.6 Å². The summed E-state index contributed by atoms with van der Waals surface area (Å²) in [5.74, 6) is -0.200. The molecule has 0 aliphatic heterocycles. The van der Waals surface area contributed by atoms with Crippen molar-refractivity contribution >= 4 is 17.3 Å². The molecule has 6 heteroatoms. The number of benzene rings is 2. The van der Waals surface area contributed by atoms with Crippen molar-refractivity contribution in [3.05, 3.63) is 76.2 Å². The molecule has 2 N–H and O–H groups in total. The number of para-hydroxylation sites is 1. The number of carbonyl (C=O) groups is 1. The highest BCUT2D eigenvalue weighted by Crippen LogP contribution is 2.16. The van der Waals surface area contributed by atoms with E-state index in [0.717, 1.165) is 22.6 Å². The summed E-state index contributed by atoms with van der Waals surface area (Å²) in [7, 11) is 1.83. The molecule has 0 aliphatic carbocycles. The predicted molar refractivity (Wildman–Crippen MR) is 109 cm³/mol. The van der Waals surface area contributed by atoms with Gasteiger partial charge in [0.15, 0.2) is 0 Å². The molecule has 1 aromatic heterocycles. The average molecular weight is 364 g/mol. The Morgan fingerprint density at radius 3 is 2.41 bits per heavy atom. The van der Waals surface area contributed by atoms with Crippen molar-refractivity contribution in [1.82, 2.24) is 9.36 Å². The number of anilines is 2. The van der Waals surface area contributed by atoms with Crippen LogP contribution < -0.4 is 16.2 Å². The number of carbonyl (C=O) groups excluding carboxylic acids is 1. The number of amides is 1. The molecule has 0 bridgehead atoms. The van der Waals surface area contributed by atoms with E-state index in [9.17, 15) is 9.59 Å². The van der Waals surface area contributed by atoms with E-state index in [1.807, 2.05) is 75.5 Å². The van der Waals surface area contributed by atoms with Crippen molar-refractivity contribution in [3.63, 3.8) is 0 Å². The first-order valence-corrected chi connectivity index (χ1v) is 8.86. The monoisotopic (exact) mass is 364 g/mol. The van der Waals surface area contributed by atoms with Crippen LogP contribution in [0.5, 0.6) is 0 Å². The van der Waals surface area contributed by atoms with Crippen LogP contribution in [-0.4, -0.2) is 21.3 Å². The van der Waals surface area contributed by atoms with Crippen molar-refractivity contribution in [2.75, 3.05) is 10.6 Å². The van der Waals surface area contributed by atoms with Gasteiger partial charge in [-0.1, -0.05) is 30.3 Å². The molecular weight excluding hydrogens is 340 g/mol. The smallest absolute Gasteiger partial charge is 0.295 e. The number of rotatable bonds is 5. The van der Waals surface area contributed by atoms with Gasteiger partial charge in [-0.15, -0.1) is 0 Å². The number of hydrogen-bond donors (Lipinski definition) is 2. The van der Waals surface area contributed by atoms with Gasteiger partial charge in [-0.25, -0.2) is 4.68 Å². The highest BCUT2D eigenvalue weighted by Gasteiger charge is 2.20. The third kappa shape index (κ3) is 3.79. The average Bonchev–Trinajstić information content (AvgIpc) is 2.85. The molecule has 1 atom stereocenters. The maximum absolute atomic E-state index is 12.9. The number of hydrogen-bond acceptors (Lipinski definition) is 3. The van der Waals surface area contributed by atoms with Crippen LogP contribution in [0.15, 0.2) is 59.4 Å². The van der Waals surface area contributed by atoms with E-state index in [2.05, 4.69) is 10.6 Å². The standard InChI is InChI=1S/C21H24N4O2/c1-14-9-8-10-17(13-14)23-20(26)15(2)22-19-16(3)24(4)25(21(19)27)18-11-6-5-7-12-18/h5-13,15,22H,1-4H3,(H,23,26). The number of nitrogens with zero attached hydrogens (tertiary/aromatic N) is 2. The van der Waals surface area contributed by atoms with Crippen molar-refractivity contribution in [3.8, 4) is 5.69 Å². The minimum absolute atomic E-state index is 0.184. The molecule has 140 valence electrons. The normalized spacial score (nSPS) is 11.9. The second kappa shape index (κ2) is 7.53. The molecule has 0 fully saturated rings. The Bertz CT molecular complexity index is 1020. The van der Waals surface area contributed by atoms with Gasteiger partial charge in [-0.3, -0.25) is 14.3 Å². The Kier molecular flexibility index (Phi) is 5.16. The Morgan fingerprint density at radius 1 is 1.04 bits per heavy atom. The van der Waals surface area contributed by atoms with Crippen LogP contribution in [0.2, 0.25) is 0 Å². The molecule has 1 heterocycles. The largest absolute Gasteiger partial charge is 0.368 e. The fourth-order valence-corrected chi connectivity index (χ4v) is 2.99. The molecule has 1 unspecified atom stereocenters. The minimum Gasteiger partial charge on any atom is -0.368 e. The summed E-state index contributed by atoms with van der Waals surface area (Å²) in [6.45, 7) is 5.56. The summed E-state index contributed by atoms with van der Waals surface area (Å²) in [5.41, 5.74) is 3.58. The van der Waals surface area contributed by atoms with Gasteiger partial charge in [0, 0.05) is 12.7 Å². The zero-order chi connectivity index (χ0) is 19.6. The van der Waals surface area contributed by atoms with Crippen LogP contribution in [0.1, 0.15) is 18.2 Å². The van der Waals surface area contributed by atoms with Crippen LogP contribution in [0.4, 0.5) is 11.4 Å². The van der Waals surface area contributed by atoms with Crippen molar-refractivity contribution in [2.45, 2.75) is 26.8 Å². The SMILES string of the molecule is Cc1cccc(NC(=O)C(C)Nc2c(C)n(C)n(-c3ccccc3)c2=O)c1. The molecular formula is C21H24N4O2. The third-order valence-electron chi connectivity index (χ3n) is 4.59. The maximum atomic E-state index is 12.9. The second-order valence-corrected chi connectivity index (χ2v) is 6.66. The zero-order valence-electron chi connectivity index (χ0n) is 16.0. The summed E-state index contributed by atoms with van der Waals surface area (Å²) in [6, 6.07) is 16.5. The van der Waals surface area contributed by atoms with E-state index in [0.29, 0.717) is 5.69 Å². The lowest BCUT2D eigenvalue weighted by Crippen LogP contribution is -2.34. The lowest BCUT2D eigenvalue weighted by Gasteiger charge is -2.14. The van der Waals surface area contributed by atoms with E-state index in [4.69, 9.17) is 0 Å². The Balaban J connectivity index is 1.83. The summed E-state index contributed by atoms with van der Waals surface area (Å²) in [6.07, 6.45) is 0. The highest BCUT2D eigenvalue weighted by molar-refractivity contribution is 5.96. The van der Waals surface area contributed by atoms with Gasteiger partial charge in [0.05, 0.1) is 11.4 Å². The van der Waals surface area contributed by atoms with Crippen LogP contribution in [0, 0.1) is 13.8 Å². The molecule has 0 saturated heterocycles. The van der Waals surface area contributed by atoms with E-state index in [1.54, 1.807) is 16.3 Å². The zero-order valence-corrected chi connectivity index (χ0v) is 16.0. The van der Waals surface area contributed by atoms with Gasteiger partial charge in [-0.05, 0) is 50.6 Å². The lowest BCUT2D eigenvalue weighted by atomic mass is 10.2. The van der Waals surface area contributed by atoms with Crippen molar-refractivity contribution in [1.29, 1.82) is 0 Å². The van der Waals surface area contributed by atoms with Gasteiger partial charge in [0.1, 0.15) is 11.7 Å². The number of aryl methyl sites for hydroxylation is 1. The van der Waals surface area contributed by atoms with Crippen LogP contribution in [0.25, 0.3) is 5.69 Å². The van der Waals surface area contributed by atoms with Gasteiger partial charge in [0.25, 0.3) is 5.56 Å². The molecule has 0 radical (unpaired) electrons. The molecule has 0 spiro atoms. The molecule has 1 amide bonds. The molecule has 0 saturated carbocycles. The highest BCUT2D eigenvalue weighted by atomic mass is 16.2. The molecule has 3 rings (SSSR count). The summed E-state index contributed by atoms with van der Waals surface area (Å²) >= 11 is 0. The number of nitrogens with one attached hydrogen (secondary N) is 2. The lowest BCUT2D eigenvalue weighted by molar-refractivity contribution is -0.116. The van der Waals surface area contributed by atoms with Crippen LogP contribution in [0.3, 0.4) is 0 Å². The topological polar surface area (TPSA) is 68.1 Å². The van der Waals surface area contributed by atoms with Gasteiger partial charge in [0.2, 0.25) is 5.91 Å². The third-order valence-corrected chi connectivity index (χ3v) is 4.59. The quantitative estimate of drug-likeness (QED) is 0.730. The minimum atomic E-state index is -0.566. The summed E-state index contributed by atoms with van der Waals surface area (Å²) < 4.78 is 3.37. The van der Waals surface area contributed by atoms with Crippen LogP contribution in [-0.2, 0) is 11.8 Å². The molecule has 6 nitrogen and oxygen atoms in total. The Labute approximate surface area is 158 Å². The Hall–Kier alpha value is -3.28. The van der Waals surface area contributed by atoms with Gasteiger partial charge in [-0.2, -0.15) is 0 Å². The first kappa shape index (κ1) is 18.5. The Morgan fingerprint density at radius 2 is 1.74 bits per heavy atom.